The first-order valence-corrected chi connectivity index (χ1v) is 4.71. The average molecular weight is 338 g/mol. The lowest BCUT2D eigenvalue weighted by Gasteiger charge is -2.15. The summed E-state index contributed by atoms with van der Waals surface area (Å²) in [6.07, 6.45) is -8.02. The molecular formula is C8H4F5IO. The fraction of sp³-hybridized carbons (Fsp3) is 0.250. The van der Waals surface area contributed by atoms with E-state index in [4.69, 9.17) is 5.11 Å². The van der Waals surface area contributed by atoms with Crippen LogP contribution >= 0.6 is 22.6 Å². The van der Waals surface area contributed by atoms with Crippen LogP contribution < -0.4 is 0 Å². The number of rotatable bonds is 1. The number of benzene rings is 1. The summed E-state index contributed by atoms with van der Waals surface area (Å²) in [5, 5.41) is 8.72. The van der Waals surface area contributed by atoms with Gasteiger partial charge in [-0.15, -0.1) is 0 Å². The Labute approximate surface area is 95.0 Å². The van der Waals surface area contributed by atoms with E-state index in [9.17, 15) is 22.0 Å². The van der Waals surface area contributed by atoms with Crippen molar-refractivity contribution in [1.29, 1.82) is 0 Å². The molecule has 1 unspecified atom stereocenters. The van der Waals surface area contributed by atoms with Crippen molar-refractivity contribution in [3.63, 3.8) is 0 Å². The summed E-state index contributed by atoms with van der Waals surface area (Å²) in [4.78, 5) is 0. The number of halogens is 6. The van der Waals surface area contributed by atoms with Crippen molar-refractivity contribution in [3.8, 4) is 0 Å². The third-order valence-corrected chi connectivity index (χ3v) is 2.50. The molecule has 15 heavy (non-hydrogen) atoms. The van der Waals surface area contributed by atoms with E-state index in [1.165, 1.54) is 22.6 Å². The Morgan fingerprint density at radius 1 is 1.13 bits per heavy atom. The molecule has 1 N–H and O–H groups in total. The van der Waals surface area contributed by atoms with Gasteiger partial charge in [0.1, 0.15) is 0 Å². The van der Waals surface area contributed by atoms with E-state index in [0.29, 0.717) is 6.07 Å². The molecule has 0 fully saturated rings. The molecule has 0 bridgehead atoms. The minimum absolute atomic E-state index is 0.150. The zero-order chi connectivity index (χ0) is 11.8. The van der Waals surface area contributed by atoms with Crippen LogP contribution in [0.15, 0.2) is 12.1 Å². The lowest BCUT2D eigenvalue weighted by molar-refractivity contribution is -0.207. The van der Waals surface area contributed by atoms with E-state index in [2.05, 4.69) is 0 Å². The van der Waals surface area contributed by atoms with Gasteiger partial charge in [0.15, 0.2) is 17.7 Å². The monoisotopic (exact) mass is 338 g/mol. The van der Waals surface area contributed by atoms with Crippen molar-refractivity contribution in [1.82, 2.24) is 0 Å². The van der Waals surface area contributed by atoms with E-state index in [1.54, 1.807) is 0 Å². The number of hydrogen-bond donors (Lipinski definition) is 1. The summed E-state index contributed by atoms with van der Waals surface area (Å²) in [6.45, 7) is 0. The minimum atomic E-state index is -5.01. The van der Waals surface area contributed by atoms with Gasteiger partial charge in [-0.25, -0.2) is 8.78 Å². The molecule has 1 aromatic rings. The van der Waals surface area contributed by atoms with Crippen LogP contribution in [0.4, 0.5) is 22.0 Å². The smallest absolute Gasteiger partial charge is 0.379 e. The molecule has 1 rings (SSSR count). The van der Waals surface area contributed by atoms with Gasteiger partial charge in [-0.1, -0.05) is 6.07 Å². The zero-order valence-corrected chi connectivity index (χ0v) is 9.10. The topological polar surface area (TPSA) is 20.2 Å². The van der Waals surface area contributed by atoms with Crippen LogP contribution in [0, 0.1) is 15.2 Å². The molecule has 0 aromatic heterocycles. The largest absolute Gasteiger partial charge is 0.418 e. The maximum absolute atomic E-state index is 13.0. The Hall–Kier alpha value is -0.440. The highest BCUT2D eigenvalue weighted by Gasteiger charge is 2.41. The molecule has 0 amide bonds. The van der Waals surface area contributed by atoms with Gasteiger partial charge in [0, 0.05) is 5.56 Å². The summed E-state index contributed by atoms with van der Waals surface area (Å²) >= 11 is 1.43. The van der Waals surface area contributed by atoms with Gasteiger partial charge >= 0.3 is 6.18 Å². The molecule has 0 aliphatic heterocycles. The summed E-state index contributed by atoms with van der Waals surface area (Å²) in [6, 6.07) is 1.67. The Morgan fingerprint density at radius 2 is 1.67 bits per heavy atom. The Morgan fingerprint density at radius 3 is 2.13 bits per heavy atom. The lowest BCUT2D eigenvalue weighted by Crippen LogP contribution is -2.21. The third kappa shape index (κ3) is 2.57. The van der Waals surface area contributed by atoms with E-state index in [1.807, 2.05) is 0 Å². The van der Waals surface area contributed by atoms with E-state index in [-0.39, 0.29) is 3.57 Å². The fourth-order valence-electron chi connectivity index (χ4n) is 0.928. The Bertz CT molecular complexity index is 376. The first kappa shape index (κ1) is 12.6. The number of aliphatic hydroxyl groups is 1. The average Bonchev–Trinajstić information content (AvgIpc) is 2.12. The highest BCUT2D eigenvalue weighted by Crippen LogP contribution is 2.34. The summed E-state index contributed by atoms with van der Waals surface area (Å²) in [7, 11) is 0. The van der Waals surface area contributed by atoms with Gasteiger partial charge in [-0.3, -0.25) is 0 Å². The number of alkyl halides is 3. The van der Waals surface area contributed by atoms with Gasteiger partial charge in [0.2, 0.25) is 0 Å². The number of aliphatic hydroxyl groups excluding tert-OH is 1. The standard InChI is InChI=1S/C8H4F5IO/c9-5-3(7(15)8(11,12)13)1-2-4(14)6(5)10/h1-2,7,15H. The molecule has 7 heteroatoms. The van der Waals surface area contributed by atoms with E-state index < -0.39 is 29.5 Å². The second kappa shape index (κ2) is 4.20. The van der Waals surface area contributed by atoms with Crippen LogP contribution in [-0.4, -0.2) is 11.3 Å². The third-order valence-electron chi connectivity index (χ3n) is 1.67. The van der Waals surface area contributed by atoms with Crippen LogP contribution in [0.5, 0.6) is 0 Å². The summed E-state index contributed by atoms with van der Waals surface area (Å²) < 4.78 is 61.8. The molecule has 0 saturated carbocycles. The quantitative estimate of drug-likeness (QED) is 0.474. The van der Waals surface area contributed by atoms with Gasteiger partial charge in [-0.05, 0) is 28.7 Å². The lowest BCUT2D eigenvalue weighted by atomic mass is 10.1. The van der Waals surface area contributed by atoms with E-state index >= 15 is 0 Å². The molecule has 0 saturated heterocycles. The Balaban J connectivity index is 3.23. The minimum Gasteiger partial charge on any atom is -0.379 e. The molecule has 0 aliphatic carbocycles. The van der Waals surface area contributed by atoms with Crippen molar-refractivity contribution >= 4 is 22.6 Å². The van der Waals surface area contributed by atoms with Crippen molar-refractivity contribution in [2.75, 3.05) is 0 Å². The molecule has 1 atom stereocenters. The Kier molecular flexibility index (Phi) is 3.54. The van der Waals surface area contributed by atoms with Gasteiger partial charge in [0.25, 0.3) is 0 Å². The van der Waals surface area contributed by atoms with Crippen molar-refractivity contribution in [2.45, 2.75) is 12.3 Å². The number of hydrogen-bond acceptors (Lipinski definition) is 1. The second-order valence-corrected chi connectivity index (χ2v) is 3.87. The molecular weight excluding hydrogens is 334 g/mol. The second-order valence-electron chi connectivity index (χ2n) is 2.71. The van der Waals surface area contributed by atoms with Crippen LogP contribution in [0.25, 0.3) is 0 Å². The zero-order valence-electron chi connectivity index (χ0n) is 6.95. The maximum Gasteiger partial charge on any atom is 0.418 e. The van der Waals surface area contributed by atoms with E-state index in [0.717, 1.165) is 6.07 Å². The van der Waals surface area contributed by atoms with Crippen LogP contribution in [0.1, 0.15) is 11.7 Å². The summed E-state index contributed by atoms with van der Waals surface area (Å²) in [5.41, 5.74) is -1.11. The first-order chi connectivity index (χ1) is 6.75. The fourth-order valence-corrected chi connectivity index (χ4v) is 1.34. The predicted molar refractivity (Wildman–Crippen MR) is 50.1 cm³/mol. The highest BCUT2D eigenvalue weighted by atomic mass is 127. The van der Waals surface area contributed by atoms with Crippen molar-refractivity contribution in [2.24, 2.45) is 0 Å². The van der Waals surface area contributed by atoms with Gasteiger partial charge in [-0.2, -0.15) is 13.2 Å². The normalized spacial score (nSPS) is 14.1. The van der Waals surface area contributed by atoms with Gasteiger partial charge < -0.3 is 5.11 Å². The molecule has 1 nitrogen and oxygen atoms in total. The molecule has 0 aliphatic rings. The van der Waals surface area contributed by atoms with Crippen LogP contribution in [0.3, 0.4) is 0 Å². The molecule has 0 radical (unpaired) electrons. The van der Waals surface area contributed by atoms with Crippen molar-refractivity contribution in [3.05, 3.63) is 32.9 Å². The molecule has 1 aromatic carbocycles. The van der Waals surface area contributed by atoms with Crippen molar-refractivity contribution < 1.29 is 27.1 Å². The highest BCUT2D eigenvalue weighted by molar-refractivity contribution is 14.1. The molecule has 0 heterocycles. The summed E-state index contributed by atoms with van der Waals surface area (Å²) in [5.74, 6) is -3.07. The SMILES string of the molecule is OC(c1ccc(I)c(F)c1F)C(F)(F)F. The maximum atomic E-state index is 13.0. The predicted octanol–water partition coefficient (Wildman–Crippen LogP) is 3.17. The molecule has 84 valence electrons. The van der Waals surface area contributed by atoms with Gasteiger partial charge in [0.05, 0.1) is 3.57 Å². The first-order valence-electron chi connectivity index (χ1n) is 3.63. The van der Waals surface area contributed by atoms with Crippen LogP contribution in [-0.2, 0) is 0 Å². The molecule has 0 spiro atoms. The van der Waals surface area contributed by atoms with Crippen LogP contribution in [0.2, 0.25) is 0 Å².